The Morgan fingerprint density at radius 2 is 1.08 bits per heavy atom. The topological polar surface area (TPSA) is 68.3 Å². The summed E-state index contributed by atoms with van der Waals surface area (Å²) in [6, 6.07) is 0. The molecular formula is C15H14F17O5P. The van der Waals surface area contributed by atoms with Gasteiger partial charge in [0.25, 0.3) is 0 Å². The van der Waals surface area contributed by atoms with Crippen molar-refractivity contribution in [2.45, 2.75) is 79.6 Å². The zero-order chi connectivity index (χ0) is 30.4. The first-order valence-corrected chi connectivity index (χ1v) is 11.0. The van der Waals surface area contributed by atoms with Crippen LogP contribution in [0.25, 0.3) is 0 Å². The van der Waals surface area contributed by atoms with Gasteiger partial charge in [0, 0.05) is 12.8 Å². The van der Waals surface area contributed by atoms with Crippen LogP contribution in [0.3, 0.4) is 0 Å². The van der Waals surface area contributed by atoms with Crippen LogP contribution in [0.4, 0.5) is 74.6 Å². The van der Waals surface area contributed by atoms with Crippen LogP contribution in [0, 0.1) is 0 Å². The van der Waals surface area contributed by atoms with Crippen LogP contribution in [0.1, 0.15) is 25.7 Å². The molecule has 0 aromatic carbocycles. The standard InChI is InChI=1S/C15H14F17O5P/c16-8(17,3-1-2-4-9(18,19)20)10(21,22)11(23,24)12(25,26)13(27,28)14(29,30)15(31,32)37-38(33,34)36-6-7-5-35-7/h7H,1-6H2,(H,33,34). The monoisotopic (exact) mass is 628 g/mol. The summed E-state index contributed by atoms with van der Waals surface area (Å²) in [5, 5.41) is 0. The van der Waals surface area contributed by atoms with Gasteiger partial charge in [-0.05, 0) is 12.8 Å². The second-order valence-electron chi connectivity index (χ2n) is 7.73. The fourth-order valence-electron chi connectivity index (χ4n) is 2.40. The van der Waals surface area contributed by atoms with Crippen LogP contribution >= 0.6 is 7.82 Å². The molecule has 23 heteroatoms. The summed E-state index contributed by atoms with van der Waals surface area (Å²) < 4.78 is 249. The number of phosphoric ester groups is 1. The zero-order valence-corrected chi connectivity index (χ0v) is 18.7. The Labute approximate surface area is 199 Å². The van der Waals surface area contributed by atoms with Gasteiger partial charge in [-0.25, -0.2) is 9.09 Å². The van der Waals surface area contributed by atoms with E-state index in [-0.39, 0.29) is 6.61 Å². The number of epoxide rings is 1. The predicted octanol–water partition coefficient (Wildman–Crippen LogP) is 7.05. The molecule has 0 aromatic rings. The molecule has 1 N–H and O–H groups in total. The molecule has 0 amide bonds. The highest BCUT2D eigenvalue weighted by molar-refractivity contribution is 7.47. The lowest BCUT2D eigenvalue weighted by atomic mass is 9.89. The largest absolute Gasteiger partial charge is 0.477 e. The molecule has 2 unspecified atom stereocenters. The first-order valence-electron chi connectivity index (χ1n) is 9.50. The maximum absolute atomic E-state index is 13.8. The third-order valence-corrected chi connectivity index (χ3v) is 5.59. The van der Waals surface area contributed by atoms with E-state index in [1.807, 2.05) is 0 Å². The molecule has 5 nitrogen and oxygen atoms in total. The molecule has 0 spiro atoms. The van der Waals surface area contributed by atoms with Crippen molar-refractivity contribution in [3.63, 3.8) is 0 Å². The van der Waals surface area contributed by atoms with E-state index in [1.54, 1.807) is 0 Å². The minimum atomic E-state index is -8.49. The summed E-state index contributed by atoms with van der Waals surface area (Å²) in [5.74, 6) is -47.6. The van der Waals surface area contributed by atoms with Gasteiger partial charge in [-0.1, -0.05) is 0 Å². The van der Waals surface area contributed by atoms with Gasteiger partial charge in [0.15, 0.2) is 0 Å². The van der Waals surface area contributed by atoms with Crippen LogP contribution < -0.4 is 0 Å². The average Bonchev–Trinajstić information content (AvgIpc) is 3.52. The minimum absolute atomic E-state index is 0.257. The van der Waals surface area contributed by atoms with Crippen molar-refractivity contribution in [2.24, 2.45) is 0 Å². The third kappa shape index (κ3) is 6.77. The van der Waals surface area contributed by atoms with Crippen LogP contribution in [0.5, 0.6) is 0 Å². The Hall–Kier alpha value is -1.12. The molecule has 1 fully saturated rings. The van der Waals surface area contributed by atoms with E-state index in [1.165, 1.54) is 0 Å². The van der Waals surface area contributed by atoms with Crippen molar-refractivity contribution < 1.29 is 97.9 Å². The van der Waals surface area contributed by atoms with E-state index in [4.69, 9.17) is 4.89 Å². The maximum Gasteiger partial charge on any atom is 0.477 e. The molecule has 1 saturated heterocycles. The van der Waals surface area contributed by atoms with Crippen LogP contribution in [-0.2, 0) is 18.3 Å². The van der Waals surface area contributed by atoms with Crippen LogP contribution in [0.15, 0.2) is 0 Å². The first-order chi connectivity index (χ1) is 16.5. The second-order valence-corrected chi connectivity index (χ2v) is 9.10. The molecule has 0 radical (unpaired) electrons. The summed E-state index contributed by atoms with van der Waals surface area (Å²) in [5.41, 5.74) is 0. The molecule has 2 atom stereocenters. The van der Waals surface area contributed by atoms with E-state index in [0.29, 0.717) is 0 Å². The number of hydrogen-bond donors (Lipinski definition) is 1. The van der Waals surface area contributed by atoms with E-state index in [9.17, 15) is 79.2 Å². The summed E-state index contributed by atoms with van der Waals surface area (Å²) in [7, 11) is -6.60. The summed E-state index contributed by atoms with van der Waals surface area (Å²) in [6.07, 6.45) is -21.6. The van der Waals surface area contributed by atoms with Gasteiger partial charge in [-0.2, -0.15) is 74.6 Å². The van der Waals surface area contributed by atoms with Crippen LogP contribution in [0.2, 0.25) is 0 Å². The van der Waals surface area contributed by atoms with Gasteiger partial charge < -0.3 is 9.63 Å². The number of hydrogen-bond acceptors (Lipinski definition) is 4. The van der Waals surface area contributed by atoms with Gasteiger partial charge in [0.05, 0.1) is 13.2 Å². The lowest BCUT2D eigenvalue weighted by molar-refractivity contribution is -0.458. The molecule has 0 bridgehead atoms. The normalized spacial score (nSPS) is 20.4. The predicted molar refractivity (Wildman–Crippen MR) is 85.8 cm³/mol. The van der Waals surface area contributed by atoms with E-state index >= 15 is 0 Å². The number of halogens is 17. The lowest BCUT2D eigenvalue weighted by Gasteiger charge is -2.42. The molecular weight excluding hydrogens is 614 g/mol. The molecule has 1 aliphatic rings. The van der Waals surface area contributed by atoms with Crippen molar-refractivity contribution in [2.75, 3.05) is 13.2 Å². The van der Waals surface area contributed by atoms with Crippen molar-refractivity contribution in [3.8, 4) is 0 Å². The molecule has 38 heavy (non-hydrogen) atoms. The van der Waals surface area contributed by atoms with Crippen molar-refractivity contribution in [1.29, 1.82) is 0 Å². The lowest BCUT2D eigenvalue weighted by Crippen LogP contribution is -2.73. The Balaban J connectivity index is 3.26. The van der Waals surface area contributed by atoms with Gasteiger partial charge in [-0.3, -0.25) is 4.52 Å². The average molecular weight is 628 g/mol. The number of phosphoric acid groups is 1. The highest BCUT2D eigenvalue weighted by Crippen LogP contribution is 2.64. The van der Waals surface area contributed by atoms with E-state index in [0.717, 1.165) is 0 Å². The quantitative estimate of drug-likeness (QED) is 0.0912. The Morgan fingerprint density at radius 1 is 0.684 bits per heavy atom. The molecule has 228 valence electrons. The first kappa shape index (κ1) is 34.9. The highest BCUT2D eigenvalue weighted by Gasteiger charge is 2.93. The molecule has 0 aromatic heterocycles. The Kier molecular flexibility index (Phi) is 9.53. The molecule has 1 rings (SSSR count). The summed E-state index contributed by atoms with van der Waals surface area (Å²) in [4.78, 5) is 8.88. The fourth-order valence-corrected chi connectivity index (χ4v) is 3.22. The summed E-state index contributed by atoms with van der Waals surface area (Å²) >= 11 is 0. The van der Waals surface area contributed by atoms with Crippen molar-refractivity contribution in [1.82, 2.24) is 0 Å². The van der Waals surface area contributed by atoms with Gasteiger partial charge >= 0.3 is 55.6 Å². The number of rotatable bonds is 15. The number of alkyl halides is 17. The van der Waals surface area contributed by atoms with Crippen molar-refractivity contribution >= 4 is 7.82 Å². The number of ether oxygens (including phenoxy) is 1. The highest BCUT2D eigenvalue weighted by atomic mass is 31.2. The zero-order valence-electron chi connectivity index (χ0n) is 17.8. The van der Waals surface area contributed by atoms with E-state index in [2.05, 4.69) is 13.8 Å². The van der Waals surface area contributed by atoms with Gasteiger partial charge in [0.2, 0.25) is 0 Å². The van der Waals surface area contributed by atoms with Gasteiger partial charge in [0.1, 0.15) is 6.10 Å². The molecule has 1 aliphatic heterocycles. The van der Waals surface area contributed by atoms with E-state index < -0.39 is 94.0 Å². The second kappa shape index (κ2) is 10.4. The molecule has 0 saturated carbocycles. The smallest absolute Gasteiger partial charge is 0.371 e. The van der Waals surface area contributed by atoms with Crippen LogP contribution in [-0.4, -0.2) is 72.0 Å². The van der Waals surface area contributed by atoms with Gasteiger partial charge in [-0.15, -0.1) is 0 Å². The Bertz CT molecular complexity index is 870. The number of unbranched alkanes of at least 4 members (excludes halogenated alkanes) is 1. The minimum Gasteiger partial charge on any atom is -0.371 e. The summed E-state index contributed by atoms with van der Waals surface area (Å²) in [6.45, 7) is -1.46. The Morgan fingerprint density at radius 3 is 1.50 bits per heavy atom. The molecule has 1 heterocycles. The fraction of sp³-hybridized carbons (Fsp3) is 1.00. The third-order valence-electron chi connectivity index (χ3n) is 4.66. The van der Waals surface area contributed by atoms with Crippen molar-refractivity contribution in [3.05, 3.63) is 0 Å². The SMILES string of the molecule is O=P(O)(OCC1CO1)OC(F)(F)C(F)(F)C(F)(F)C(F)(F)C(F)(F)C(F)(F)C(F)(F)CCCCC(F)(F)F. The maximum atomic E-state index is 13.8. The molecule has 0 aliphatic carbocycles.